The summed E-state index contributed by atoms with van der Waals surface area (Å²) in [6, 6.07) is 0. The zero-order chi connectivity index (χ0) is 19.3. The maximum atomic E-state index is 13.4. The van der Waals surface area contributed by atoms with Crippen LogP contribution in [0.4, 0.5) is 0 Å². The highest BCUT2D eigenvalue weighted by Gasteiger charge is 2.64. The fourth-order valence-electron chi connectivity index (χ4n) is 2.94. The van der Waals surface area contributed by atoms with Gasteiger partial charge in [-0.1, -0.05) is 20.8 Å². The zero-order valence-electron chi connectivity index (χ0n) is 16.0. The molecule has 25 heavy (non-hydrogen) atoms. The van der Waals surface area contributed by atoms with Crippen molar-refractivity contribution in [3.05, 3.63) is 23.0 Å². The van der Waals surface area contributed by atoms with Crippen molar-refractivity contribution in [1.82, 2.24) is 0 Å². The molecule has 0 aromatic heterocycles. The maximum absolute atomic E-state index is 13.4. The van der Waals surface area contributed by atoms with Gasteiger partial charge >= 0.3 is 7.60 Å². The quantitative estimate of drug-likeness (QED) is 0.562. The van der Waals surface area contributed by atoms with E-state index in [1.807, 2.05) is 0 Å². The summed E-state index contributed by atoms with van der Waals surface area (Å²) >= 11 is 0. The Hall–Kier alpha value is -0.530. The van der Waals surface area contributed by atoms with Crippen molar-refractivity contribution < 1.29 is 33.3 Å². The van der Waals surface area contributed by atoms with E-state index in [0.717, 1.165) is 0 Å². The predicted octanol–water partition coefficient (Wildman–Crippen LogP) is 3.28. The maximum Gasteiger partial charge on any atom is 0.363 e. The molecule has 0 aromatic carbocycles. The van der Waals surface area contributed by atoms with E-state index in [0.29, 0.717) is 5.57 Å². The lowest BCUT2D eigenvalue weighted by Gasteiger charge is -2.40. The summed E-state index contributed by atoms with van der Waals surface area (Å²) in [5, 5.41) is 21.5. The molecule has 2 aliphatic heterocycles. The minimum atomic E-state index is -3.81. The summed E-state index contributed by atoms with van der Waals surface area (Å²) in [5.41, 5.74) is -0.226. The van der Waals surface area contributed by atoms with E-state index in [-0.39, 0.29) is 18.5 Å². The van der Waals surface area contributed by atoms with Gasteiger partial charge in [0.25, 0.3) is 0 Å². The van der Waals surface area contributed by atoms with Crippen LogP contribution < -0.4 is 0 Å². The Labute approximate surface area is 149 Å². The molecule has 0 radical (unpaired) electrons. The molecule has 2 rings (SSSR count). The fraction of sp³-hybridized carbons (Fsp3) is 0.765. The van der Waals surface area contributed by atoms with Crippen molar-refractivity contribution in [3.63, 3.8) is 0 Å². The van der Waals surface area contributed by atoms with Gasteiger partial charge in [-0.2, -0.15) is 0 Å². The van der Waals surface area contributed by atoms with Crippen LogP contribution in [0.3, 0.4) is 0 Å². The van der Waals surface area contributed by atoms with E-state index in [9.17, 15) is 14.8 Å². The largest absolute Gasteiger partial charge is 0.363 e. The summed E-state index contributed by atoms with van der Waals surface area (Å²) in [6.07, 6.45) is 2.80. The average molecular weight is 376 g/mol. The Morgan fingerprint density at radius 2 is 1.64 bits per heavy atom. The summed E-state index contributed by atoms with van der Waals surface area (Å²) in [4.78, 5) is 0. The van der Waals surface area contributed by atoms with Gasteiger partial charge in [0.05, 0.1) is 13.2 Å². The van der Waals surface area contributed by atoms with Gasteiger partial charge in [-0.15, -0.1) is 0 Å². The smallest absolute Gasteiger partial charge is 0.362 e. The lowest BCUT2D eigenvalue weighted by molar-refractivity contribution is -0.341. The van der Waals surface area contributed by atoms with Crippen LogP contribution in [0.25, 0.3) is 0 Å². The van der Waals surface area contributed by atoms with Gasteiger partial charge in [0.1, 0.15) is 5.31 Å². The zero-order valence-corrected chi connectivity index (χ0v) is 16.8. The molecule has 3 unspecified atom stereocenters. The Balaban J connectivity index is 2.60. The van der Waals surface area contributed by atoms with Crippen LogP contribution >= 0.6 is 7.60 Å². The van der Waals surface area contributed by atoms with Crippen molar-refractivity contribution in [2.24, 2.45) is 5.41 Å². The van der Waals surface area contributed by atoms with Gasteiger partial charge in [0.2, 0.25) is 5.79 Å². The van der Waals surface area contributed by atoms with E-state index >= 15 is 0 Å². The molecule has 0 aliphatic carbocycles. The van der Waals surface area contributed by atoms with Gasteiger partial charge in [-0.25, -0.2) is 0 Å². The number of aliphatic hydroxyl groups is 2. The first-order chi connectivity index (χ1) is 11.3. The van der Waals surface area contributed by atoms with Gasteiger partial charge in [-0.05, 0) is 45.4 Å². The molecule has 7 nitrogen and oxygen atoms in total. The van der Waals surface area contributed by atoms with Crippen LogP contribution in [-0.2, 0) is 23.1 Å². The van der Waals surface area contributed by atoms with Gasteiger partial charge in [0, 0.05) is 5.41 Å². The summed E-state index contributed by atoms with van der Waals surface area (Å²) in [6.45, 7) is 12.1. The minimum Gasteiger partial charge on any atom is -0.362 e. The summed E-state index contributed by atoms with van der Waals surface area (Å²) in [7, 11) is -3.81. The molecule has 0 aromatic rings. The summed E-state index contributed by atoms with van der Waals surface area (Å²) in [5.74, 6) is -5.15. The molecule has 3 atom stereocenters. The van der Waals surface area contributed by atoms with E-state index in [1.54, 1.807) is 41.5 Å². The van der Waals surface area contributed by atoms with Crippen molar-refractivity contribution in [1.29, 1.82) is 0 Å². The van der Waals surface area contributed by atoms with E-state index in [2.05, 4.69) is 0 Å². The molecule has 2 N–H and O–H groups in total. The normalized spacial score (nSPS) is 36.0. The highest BCUT2D eigenvalue weighted by atomic mass is 31.2. The standard InChI is InChI=1S/C17H29O7P/c1-8-21-25(20,22-9-2)13-11-15(7,18)23-17(13)12(3)10-16(19,24-17)14(4,5)6/h10-11,18-19H,8-9H2,1-7H3. The minimum absolute atomic E-state index is 0.0441. The van der Waals surface area contributed by atoms with E-state index in [1.165, 1.54) is 19.1 Å². The second-order valence-corrected chi connectivity index (χ2v) is 9.50. The first kappa shape index (κ1) is 20.8. The number of rotatable bonds is 5. The first-order valence-electron chi connectivity index (χ1n) is 8.43. The highest BCUT2D eigenvalue weighted by Crippen LogP contribution is 2.67. The highest BCUT2D eigenvalue weighted by molar-refractivity contribution is 7.58. The predicted molar refractivity (Wildman–Crippen MR) is 92.6 cm³/mol. The van der Waals surface area contributed by atoms with Crippen molar-refractivity contribution in [2.75, 3.05) is 13.2 Å². The van der Waals surface area contributed by atoms with Crippen LogP contribution in [0.2, 0.25) is 0 Å². The lowest BCUT2D eigenvalue weighted by Crippen LogP contribution is -2.48. The molecule has 2 aliphatic rings. The van der Waals surface area contributed by atoms with Gasteiger partial charge < -0.3 is 28.7 Å². The first-order valence-corrected chi connectivity index (χ1v) is 9.97. The van der Waals surface area contributed by atoms with E-state index in [4.69, 9.17) is 18.5 Å². The van der Waals surface area contributed by atoms with Crippen LogP contribution in [0, 0.1) is 5.41 Å². The van der Waals surface area contributed by atoms with Crippen LogP contribution in [0.1, 0.15) is 48.5 Å². The Morgan fingerprint density at radius 1 is 1.12 bits per heavy atom. The molecule has 0 saturated carbocycles. The molecular formula is C17H29O7P. The monoisotopic (exact) mass is 376 g/mol. The van der Waals surface area contributed by atoms with Crippen molar-refractivity contribution in [3.8, 4) is 0 Å². The van der Waals surface area contributed by atoms with Gasteiger partial charge in [0.15, 0.2) is 11.6 Å². The molecule has 144 valence electrons. The fourth-order valence-corrected chi connectivity index (χ4v) is 5.00. The van der Waals surface area contributed by atoms with Crippen molar-refractivity contribution in [2.45, 2.75) is 65.8 Å². The third-order valence-electron chi connectivity index (χ3n) is 4.29. The van der Waals surface area contributed by atoms with Crippen molar-refractivity contribution >= 4 is 7.60 Å². The second-order valence-electron chi connectivity index (χ2n) is 7.51. The number of hydrogen-bond acceptors (Lipinski definition) is 7. The Morgan fingerprint density at radius 3 is 2.04 bits per heavy atom. The molecule has 0 amide bonds. The molecule has 0 saturated heterocycles. The van der Waals surface area contributed by atoms with E-state index < -0.39 is 30.4 Å². The van der Waals surface area contributed by atoms with Crippen LogP contribution in [0.5, 0.6) is 0 Å². The second kappa shape index (κ2) is 6.27. The molecule has 8 heteroatoms. The molecule has 0 bridgehead atoms. The topological polar surface area (TPSA) is 94.5 Å². The number of hydrogen-bond donors (Lipinski definition) is 2. The van der Waals surface area contributed by atoms with Crippen LogP contribution in [0.15, 0.2) is 23.0 Å². The lowest BCUT2D eigenvalue weighted by atomic mass is 9.85. The average Bonchev–Trinajstić information content (AvgIpc) is 2.84. The number of ether oxygens (including phenoxy) is 2. The SMILES string of the molecule is CCOP(=O)(OCC)C1=CC(C)(O)OC12OC(O)(C(C)(C)C)C=C2C. The summed E-state index contributed by atoms with van der Waals surface area (Å²) < 4.78 is 35.9. The Bertz CT molecular complexity index is 636. The van der Waals surface area contributed by atoms with Crippen LogP contribution in [-0.4, -0.2) is 40.8 Å². The molecular weight excluding hydrogens is 347 g/mol. The van der Waals surface area contributed by atoms with Gasteiger partial charge in [-0.3, -0.25) is 4.57 Å². The molecule has 2 heterocycles. The third kappa shape index (κ3) is 3.39. The molecule has 0 fully saturated rings. The third-order valence-corrected chi connectivity index (χ3v) is 6.50. The molecule has 1 spiro atoms. The Kier molecular flexibility index (Phi) is 5.21.